The summed E-state index contributed by atoms with van der Waals surface area (Å²) in [6.45, 7) is 6.64. The number of para-hydroxylation sites is 1. The van der Waals surface area contributed by atoms with Gasteiger partial charge in [-0.25, -0.2) is 0 Å². The molecule has 2 N–H and O–H groups in total. The molecule has 2 aromatic carbocycles. The highest BCUT2D eigenvalue weighted by atomic mass is 16.2. The summed E-state index contributed by atoms with van der Waals surface area (Å²) in [5, 5.41) is 15.4. The van der Waals surface area contributed by atoms with Crippen LogP contribution in [0.15, 0.2) is 48.5 Å². The maximum absolute atomic E-state index is 12.3. The predicted octanol–water partition coefficient (Wildman–Crippen LogP) is 2.24. The summed E-state index contributed by atoms with van der Waals surface area (Å²) in [6.07, 6.45) is 3.99. The van der Waals surface area contributed by atoms with Crippen molar-refractivity contribution in [3.63, 3.8) is 0 Å². The lowest BCUT2D eigenvalue weighted by Crippen LogP contribution is -3.14. The van der Waals surface area contributed by atoms with E-state index in [0.29, 0.717) is 5.82 Å². The second-order valence-corrected chi connectivity index (χ2v) is 8.19. The number of amides is 1. The molecule has 7 nitrogen and oxygen atoms in total. The van der Waals surface area contributed by atoms with Crippen LogP contribution in [0.3, 0.4) is 0 Å². The van der Waals surface area contributed by atoms with E-state index in [4.69, 9.17) is 0 Å². The zero-order chi connectivity index (χ0) is 20.9. The van der Waals surface area contributed by atoms with Crippen molar-refractivity contribution in [2.75, 3.05) is 11.9 Å². The standard InChI is InChI=1S/C23H28N6O/c1-17-7-3-4-9-21(17)24-22(30)16-29-26-23(25-27-29)20-12-10-19(11-13-20)15-28-14-6-5-8-18(28)2/h3-4,7,9-13,18H,5-6,8,14-16H2,1-2H3,(H,24,30)/p+1/t18-/m0/s1. The Balaban J connectivity index is 1.36. The number of anilines is 1. The van der Waals surface area contributed by atoms with E-state index >= 15 is 0 Å². The number of nitrogens with one attached hydrogen (secondary N) is 2. The minimum Gasteiger partial charge on any atom is -0.329 e. The molecular formula is C23H29N6O+. The molecule has 0 bridgehead atoms. The Hall–Kier alpha value is -3.06. The summed E-state index contributed by atoms with van der Waals surface area (Å²) in [5.74, 6) is 0.353. The van der Waals surface area contributed by atoms with Crippen molar-refractivity contribution in [3.8, 4) is 11.4 Å². The van der Waals surface area contributed by atoms with Crippen molar-refractivity contribution < 1.29 is 9.69 Å². The third-order valence-electron chi connectivity index (χ3n) is 5.88. The van der Waals surface area contributed by atoms with Gasteiger partial charge in [0.15, 0.2) is 0 Å². The normalized spacial score (nSPS) is 18.9. The molecule has 3 aromatic rings. The van der Waals surface area contributed by atoms with E-state index in [2.05, 4.69) is 39.8 Å². The molecular weight excluding hydrogens is 376 g/mol. The smallest absolute Gasteiger partial charge is 0.248 e. The van der Waals surface area contributed by atoms with Gasteiger partial charge in [0, 0.05) is 16.8 Å². The van der Waals surface area contributed by atoms with Gasteiger partial charge in [0.1, 0.15) is 13.1 Å². The van der Waals surface area contributed by atoms with Crippen molar-refractivity contribution in [2.45, 2.75) is 52.2 Å². The number of aromatic nitrogens is 4. The van der Waals surface area contributed by atoms with Gasteiger partial charge in [0.25, 0.3) is 0 Å². The molecule has 2 atom stereocenters. The van der Waals surface area contributed by atoms with Crippen LogP contribution in [0.4, 0.5) is 5.69 Å². The van der Waals surface area contributed by atoms with Crippen molar-refractivity contribution in [3.05, 3.63) is 59.7 Å². The largest absolute Gasteiger partial charge is 0.329 e. The zero-order valence-electron chi connectivity index (χ0n) is 17.6. The van der Waals surface area contributed by atoms with Crippen LogP contribution in [0.5, 0.6) is 0 Å². The fraction of sp³-hybridized carbons (Fsp3) is 0.391. The Kier molecular flexibility index (Phi) is 6.18. The Bertz CT molecular complexity index is 997. The highest BCUT2D eigenvalue weighted by Gasteiger charge is 2.21. The maximum atomic E-state index is 12.3. The molecule has 0 spiro atoms. The van der Waals surface area contributed by atoms with Gasteiger partial charge in [-0.3, -0.25) is 4.79 Å². The summed E-state index contributed by atoms with van der Waals surface area (Å²) >= 11 is 0. The first-order valence-electron chi connectivity index (χ1n) is 10.7. The number of carbonyl (C=O) groups is 1. The Morgan fingerprint density at radius 1 is 1.17 bits per heavy atom. The van der Waals surface area contributed by atoms with E-state index < -0.39 is 0 Å². The molecule has 4 rings (SSSR count). The number of likely N-dealkylation sites (tertiary alicyclic amines) is 1. The number of quaternary nitrogens is 1. The average Bonchev–Trinajstić information content (AvgIpc) is 3.20. The molecule has 0 saturated carbocycles. The monoisotopic (exact) mass is 405 g/mol. The topological polar surface area (TPSA) is 77.1 Å². The third-order valence-corrected chi connectivity index (χ3v) is 5.88. The van der Waals surface area contributed by atoms with E-state index in [1.165, 1.54) is 36.2 Å². The summed E-state index contributed by atoms with van der Waals surface area (Å²) in [4.78, 5) is 15.3. The minimum atomic E-state index is -0.178. The highest BCUT2D eigenvalue weighted by Crippen LogP contribution is 2.15. The quantitative estimate of drug-likeness (QED) is 0.659. The molecule has 1 aromatic heterocycles. The van der Waals surface area contributed by atoms with Crippen molar-refractivity contribution in [1.82, 2.24) is 20.2 Å². The number of nitrogens with zero attached hydrogens (tertiary/aromatic N) is 4. The van der Waals surface area contributed by atoms with Gasteiger partial charge in [0.05, 0.1) is 12.6 Å². The first-order chi connectivity index (χ1) is 14.6. The second-order valence-electron chi connectivity index (χ2n) is 8.19. The molecule has 156 valence electrons. The van der Waals surface area contributed by atoms with E-state index in [0.717, 1.165) is 29.4 Å². The van der Waals surface area contributed by atoms with E-state index in [9.17, 15) is 4.79 Å². The Morgan fingerprint density at radius 2 is 1.97 bits per heavy atom. The van der Waals surface area contributed by atoms with Crippen LogP contribution in [-0.4, -0.2) is 38.7 Å². The molecule has 1 fully saturated rings. The summed E-state index contributed by atoms with van der Waals surface area (Å²) in [6, 6.07) is 16.8. The molecule has 0 radical (unpaired) electrons. The van der Waals surface area contributed by atoms with Gasteiger partial charge >= 0.3 is 0 Å². The first-order valence-corrected chi connectivity index (χ1v) is 10.7. The van der Waals surface area contributed by atoms with Crippen molar-refractivity contribution in [2.24, 2.45) is 0 Å². The fourth-order valence-electron chi connectivity index (χ4n) is 4.01. The van der Waals surface area contributed by atoms with Crippen molar-refractivity contribution in [1.29, 1.82) is 0 Å². The lowest BCUT2D eigenvalue weighted by atomic mass is 10.0. The van der Waals surface area contributed by atoms with Crippen LogP contribution in [0, 0.1) is 6.92 Å². The number of aryl methyl sites for hydroxylation is 1. The highest BCUT2D eigenvalue weighted by molar-refractivity contribution is 5.91. The molecule has 1 aliphatic rings. The van der Waals surface area contributed by atoms with Gasteiger partial charge in [-0.15, -0.1) is 10.2 Å². The molecule has 0 aliphatic carbocycles. The van der Waals surface area contributed by atoms with Crippen molar-refractivity contribution >= 4 is 11.6 Å². The summed E-state index contributed by atoms with van der Waals surface area (Å²) in [5.41, 5.74) is 4.04. The van der Waals surface area contributed by atoms with Gasteiger partial charge < -0.3 is 10.2 Å². The summed E-state index contributed by atoms with van der Waals surface area (Å²) in [7, 11) is 0. The summed E-state index contributed by atoms with van der Waals surface area (Å²) < 4.78 is 0. The number of carbonyl (C=O) groups excluding carboxylic acids is 1. The van der Waals surface area contributed by atoms with Gasteiger partial charge in [0.2, 0.25) is 11.7 Å². The molecule has 2 heterocycles. The molecule has 1 aliphatic heterocycles. The van der Waals surface area contributed by atoms with Crippen LogP contribution < -0.4 is 10.2 Å². The number of hydrogen-bond donors (Lipinski definition) is 2. The maximum Gasteiger partial charge on any atom is 0.248 e. The molecule has 1 unspecified atom stereocenters. The second kappa shape index (κ2) is 9.17. The van der Waals surface area contributed by atoms with Crippen LogP contribution in [0.2, 0.25) is 0 Å². The third kappa shape index (κ3) is 4.91. The number of tetrazole rings is 1. The fourth-order valence-corrected chi connectivity index (χ4v) is 4.01. The SMILES string of the molecule is Cc1ccccc1NC(=O)Cn1nnc(-c2ccc(C[NH+]3CCCC[C@@H]3C)cc2)n1. The molecule has 7 heteroatoms. The lowest BCUT2D eigenvalue weighted by Gasteiger charge is -2.30. The number of benzene rings is 2. The molecule has 1 saturated heterocycles. The van der Waals surface area contributed by atoms with Gasteiger partial charge in [-0.05, 0) is 50.0 Å². The predicted molar refractivity (Wildman–Crippen MR) is 116 cm³/mol. The molecule has 30 heavy (non-hydrogen) atoms. The van der Waals surface area contributed by atoms with Gasteiger partial charge in [-0.2, -0.15) is 4.80 Å². The molecule has 1 amide bonds. The number of rotatable bonds is 6. The Labute approximate surface area is 177 Å². The van der Waals surface area contributed by atoms with Gasteiger partial charge in [-0.1, -0.05) is 42.5 Å². The number of hydrogen-bond acceptors (Lipinski definition) is 4. The number of piperidine rings is 1. The van der Waals surface area contributed by atoms with Crippen LogP contribution in [0.1, 0.15) is 37.3 Å². The lowest BCUT2D eigenvalue weighted by molar-refractivity contribution is -0.941. The van der Waals surface area contributed by atoms with Crippen LogP contribution >= 0.6 is 0 Å². The van der Waals surface area contributed by atoms with E-state index in [1.54, 1.807) is 4.90 Å². The zero-order valence-corrected chi connectivity index (χ0v) is 17.6. The van der Waals surface area contributed by atoms with Crippen LogP contribution in [0.25, 0.3) is 11.4 Å². The Morgan fingerprint density at radius 3 is 2.73 bits per heavy atom. The van der Waals surface area contributed by atoms with E-state index in [1.807, 2.05) is 43.3 Å². The van der Waals surface area contributed by atoms with E-state index in [-0.39, 0.29) is 12.5 Å². The van der Waals surface area contributed by atoms with Crippen LogP contribution in [-0.2, 0) is 17.9 Å². The minimum absolute atomic E-state index is 0.0234. The first kappa shape index (κ1) is 20.2. The average molecular weight is 406 g/mol.